The zero-order chi connectivity index (χ0) is 14.8. The van der Waals surface area contributed by atoms with Crippen LogP contribution < -0.4 is 11.5 Å². The summed E-state index contributed by atoms with van der Waals surface area (Å²) in [6, 6.07) is 11.2. The number of thioether (sulfide) groups is 1. The smallest absolute Gasteiger partial charge is 0.243 e. The van der Waals surface area contributed by atoms with Gasteiger partial charge in [0.2, 0.25) is 5.91 Å². The molecule has 20 heavy (non-hydrogen) atoms. The lowest BCUT2D eigenvalue weighted by Gasteiger charge is -2.26. The summed E-state index contributed by atoms with van der Waals surface area (Å²) in [5, 5.41) is 5.22. The van der Waals surface area contributed by atoms with E-state index in [1.807, 2.05) is 50.4 Å². The fourth-order valence-corrected chi connectivity index (χ4v) is 3.11. The average molecular weight is 290 g/mol. The Labute approximate surface area is 122 Å². The molecular formula is C14H18N4OS. The highest BCUT2D eigenvalue weighted by Crippen LogP contribution is 2.28. The van der Waals surface area contributed by atoms with Crippen LogP contribution in [-0.4, -0.2) is 21.4 Å². The van der Waals surface area contributed by atoms with Crippen molar-refractivity contribution in [3.05, 3.63) is 47.7 Å². The van der Waals surface area contributed by atoms with Crippen LogP contribution in [0.1, 0.15) is 11.3 Å². The summed E-state index contributed by atoms with van der Waals surface area (Å²) in [6.45, 7) is 1.92. The van der Waals surface area contributed by atoms with Crippen LogP contribution in [0.5, 0.6) is 0 Å². The topological polar surface area (TPSA) is 86.9 Å². The number of aromatic nitrogens is 2. The Balaban J connectivity index is 2.23. The molecule has 1 aromatic carbocycles. The molecule has 0 spiro atoms. The van der Waals surface area contributed by atoms with Gasteiger partial charge in [-0.25, -0.2) is 0 Å². The van der Waals surface area contributed by atoms with Gasteiger partial charge in [-0.2, -0.15) is 5.10 Å². The molecular weight excluding hydrogens is 272 g/mol. The summed E-state index contributed by atoms with van der Waals surface area (Å²) in [5.41, 5.74) is 12.2. The van der Waals surface area contributed by atoms with Crippen LogP contribution in [0.3, 0.4) is 0 Å². The molecule has 1 amide bonds. The van der Waals surface area contributed by atoms with E-state index in [-0.39, 0.29) is 0 Å². The van der Waals surface area contributed by atoms with Gasteiger partial charge in [0.05, 0.1) is 10.7 Å². The molecule has 0 fully saturated rings. The van der Waals surface area contributed by atoms with E-state index in [9.17, 15) is 4.79 Å². The molecule has 0 aliphatic heterocycles. The number of carbonyl (C=O) groups is 1. The first kappa shape index (κ1) is 14.6. The van der Waals surface area contributed by atoms with Gasteiger partial charge < -0.3 is 11.5 Å². The molecule has 0 aliphatic rings. The molecule has 0 saturated carbocycles. The van der Waals surface area contributed by atoms with Crippen molar-refractivity contribution in [3.63, 3.8) is 0 Å². The van der Waals surface area contributed by atoms with Gasteiger partial charge in [-0.1, -0.05) is 30.3 Å². The summed E-state index contributed by atoms with van der Waals surface area (Å²) in [4.78, 5) is 11.8. The third-order valence-corrected chi connectivity index (χ3v) is 4.41. The highest BCUT2D eigenvalue weighted by atomic mass is 32.2. The number of carbonyl (C=O) groups excluding carboxylic acids is 1. The first-order chi connectivity index (χ1) is 9.43. The Hall–Kier alpha value is -1.79. The molecule has 6 heteroatoms. The van der Waals surface area contributed by atoms with E-state index in [0.29, 0.717) is 5.75 Å². The van der Waals surface area contributed by atoms with Crippen molar-refractivity contribution in [2.75, 3.05) is 5.75 Å². The predicted molar refractivity (Wildman–Crippen MR) is 80.2 cm³/mol. The number of hydrogen-bond acceptors (Lipinski definition) is 4. The number of benzene rings is 1. The Morgan fingerprint density at radius 2 is 2.05 bits per heavy atom. The minimum absolute atomic E-state index is 0.366. The molecule has 2 rings (SSSR count). The lowest BCUT2D eigenvalue weighted by molar-refractivity contribution is -0.122. The van der Waals surface area contributed by atoms with Crippen LogP contribution in [0.15, 0.2) is 41.4 Å². The SMILES string of the molecule is Cc1cc(SCC(N)(C(N)=O)c2ccccc2)n(C)n1. The molecule has 1 aromatic heterocycles. The summed E-state index contributed by atoms with van der Waals surface area (Å²) >= 11 is 1.47. The van der Waals surface area contributed by atoms with Crippen molar-refractivity contribution in [1.82, 2.24) is 9.78 Å². The van der Waals surface area contributed by atoms with Crippen LogP contribution in [0.4, 0.5) is 0 Å². The minimum Gasteiger partial charge on any atom is -0.368 e. The summed E-state index contributed by atoms with van der Waals surface area (Å²) in [6.07, 6.45) is 0. The van der Waals surface area contributed by atoms with Crippen molar-refractivity contribution >= 4 is 17.7 Å². The number of hydrogen-bond donors (Lipinski definition) is 2. The summed E-state index contributed by atoms with van der Waals surface area (Å²) < 4.78 is 1.77. The Morgan fingerprint density at radius 3 is 2.55 bits per heavy atom. The largest absolute Gasteiger partial charge is 0.368 e. The third-order valence-electron chi connectivity index (χ3n) is 3.14. The van der Waals surface area contributed by atoms with E-state index in [4.69, 9.17) is 11.5 Å². The molecule has 0 radical (unpaired) electrons. The lowest BCUT2D eigenvalue weighted by Crippen LogP contribution is -2.51. The van der Waals surface area contributed by atoms with Gasteiger partial charge >= 0.3 is 0 Å². The van der Waals surface area contributed by atoms with Gasteiger partial charge in [0, 0.05) is 12.8 Å². The van der Waals surface area contributed by atoms with Crippen molar-refractivity contribution in [1.29, 1.82) is 0 Å². The van der Waals surface area contributed by atoms with Crippen LogP contribution >= 0.6 is 11.8 Å². The van der Waals surface area contributed by atoms with E-state index in [2.05, 4.69) is 5.10 Å². The van der Waals surface area contributed by atoms with Crippen LogP contribution in [-0.2, 0) is 17.4 Å². The third kappa shape index (κ3) is 2.86. The van der Waals surface area contributed by atoms with E-state index in [1.165, 1.54) is 11.8 Å². The first-order valence-corrected chi connectivity index (χ1v) is 7.20. The zero-order valence-corrected chi connectivity index (χ0v) is 12.4. The van der Waals surface area contributed by atoms with Crippen molar-refractivity contribution in [3.8, 4) is 0 Å². The molecule has 106 valence electrons. The zero-order valence-electron chi connectivity index (χ0n) is 11.5. The number of amides is 1. The number of primary amides is 1. The fraction of sp³-hybridized carbons (Fsp3) is 0.286. The number of rotatable bonds is 5. The Morgan fingerprint density at radius 1 is 1.40 bits per heavy atom. The van der Waals surface area contributed by atoms with Gasteiger partial charge in [-0.15, -0.1) is 11.8 Å². The lowest BCUT2D eigenvalue weighted by atomic mass is 9.92. The van der Waals surface area contributed by atoms with E-state index in [1.54, 1.807) is 4.68 Å². The molecule has 5 nitrogen and oxygen atoms in total. The molecule has 4 N–H and O–H groups in total. The van der Waals surface area contributed by atoms with E-state index in [0.717, 1.165) is 16.3 Å². The second kappa shape index (κ2) is 5.68. The predicted octanol–water partition coefficient (Wildman–Crippen LogP) is 1.16. The molecule has 0 aliphatic carbocycles. The van der Waals surface area contributed by atoms with Crippen LogP contribution in [0, 0.1) is 6.92 Å². The molecule has 1 unspecified atom stereocenters. The quantitative estimate of drug-likeness (QED) is 0.809. The normalized spacial score (nSPS) is 13.9. The number of nitrogens with zero attached hydrogens (tertiary/aromatic N) is 2. The highest BCUT2D eigenvalue weighted by molar-refractivity contribution is 7.99. The summed E-state index contributed by atoms with van der Waals surface area (Å²) in [5.74, 6) is -0.166. The van der Waals surface area contributed by atoms with Gasteiger partial charge in [0.15, 0.2) is 0 Å². The standard InChI is InChI=1S/C14H18N4OS/c1-10-8-12(18(2)17-10)20-9-14(16,13(15)19)11-6-4-3-5-7-11/h3-8H,9,16H2,1-2H3,(H2,15,19). The van der Waals surface area contributed by atoms with Crippen molar-refractivity contribution in [2.24, 2.45) is 18.5 Å². The van der Waals surface area contributed by atoms with Crippen molar-refractivity contribution in [2.45, 2.75) is 17.5 Å². The molecule has 1 atom stereocenters. The number of nitrogens with two attached hydrogens (primary N) is 2. The summed E-state index contributed by atoms with van der Waals surface area (Å²) in [7, 11) is 1.86. The average Bonchev–Trinajstić information content (AvgIpc) is 2.75. The van der Waals surface area contributed by atoms with Crippen LogP contribution in [0.25, 0.3) is 0 Å². The highest BCUT2D eigenvalue weighted by Gasteiger charge is 2.34. The van der Waals surface area contributed by atoms with E-state index < -0.39 is 11.4 Å². The van der Waals surface area contributed by atoms with E-state index >= 15 is 0 Å². The van der Waals surface area contributed by atoms with Gasteiger partial charge in [0.25, 0.3) is 0 Å². The second-order valence-corrected chi connectivity index (χ2v) is 5.73. The molecule has 0 bridgehead atoms. The van der Waals surface area contributed by atoms with Gasteiger partial charge in [-0.3, -0.25) is 9.48 Å². The second-order valence-electron chi connectivity index (χ2n) is 4.74. The minimum atomic E-state index is -1.19. The maximum Gasteiger partial charge on any atom is 0.243 e. The van der Waals surface area contributed by atoms with Crippen LogP contribution in [0.2, 0.25) is 0 Å². The van der Waals surface area contributed by atoms with Crippen molar-refractivity contribution < 1.29 is 4.79 Å². The monoisotopic (exact) mass is 290 g/mol. The molecule has 1 heterocycles. The maximum atomic E-state index is 11.8. The number of aryl methyl sites for hydroxylation is 2. The molecule has 2 aromatic rings. The Bertz CT molecular complexity index is 611. The van der Waals surface area contributed by atoms with Gasteiger partial charge in [0.1, 0.15) is 5.54 Å². The fourth-order valence-electron chi connectivity index (χ4n) is 1.94. The van der Waals surface area contributed by atoms with Gasteiger partial charge in [-0.05, 0) is 18.6 Å². The first-order valence-electron chi connectivity index (χ1n) is 6.21. The Kier molecular flexibility index (Phi) is 4.15. The molecule has 0 saturated heterocycles. The maximum absolute atomic E-state index is 11.8.